The highest BCUT2D eigenvalue weighted by molar-refractivity contribution is 5.84. The first-order chi connectivity index (χ1) is 14.5. The molecule has 1 amide bonds. The van der Waals surface area contributed by atoms with E-state index in [1.807, 2.05) is 6.07 Å². The molecule has 0 aliphatic heterocycles. The number of hydrogen-bond donors (Lipinski definition) is 2. The number of nitrogens with one attached hydrogen (secondary N) is 2. The number of benzene rings is 1. The van der Waals surface area contributed by atoms with Gasteiger partial charge in [0.2, 0.25) is 5.91 Å². The molecule has 168 valence electrons. The number of hydrogen-bond acceptors (Lipinski definition) is 4. The van der Waals surface area contributed by atoms with Crippen molar-refractivity contribution >= 4 is 11.9 Å². The summed E-state index contributed by atoms with van der Waals surface area (Å²) in [5, 5.41) is 6.86. The van der Waals surface area contributed by atoms with E-state index in [0.29, 0.717) is 5.96 Å². The number of rotatable bonds is 9. The van der Waals surface area contributed by atoms with Gasteiger partial charge in [0.25, 0.3) is 0 Å². The minimum Gasteiger partial charge on any atom is -0.493 e. The Labute approximate surface area is 181 Å². The van der Waals surface area contributed by atoms with Crippen LogP contribution in [0.25, 0.3) is 0 Å². The summed E-state index contributed by atoms with van der Waals surface area (Å²) in [6.07, 6.45) is 6.86. The number of carbonyl (C=O) groups is 1. The lowest BCUT2D eigenvalue weighted by Crippen LogP contribution is -2.47. The standard InChI is InChI=1S/C23H38N4O3/c1-6-14-24-22(25-16-21(28)27(2)3)26-17-23(12-8-7-9-13-23)18-10-11-19(29-4)20(15-18)30-5/h10-11,15H,6-9,12-14,16-17H2,1-5H3,(H2,24,25,26). The van der Waals surface area contributed by atoms with Gasteiger partial charge in [-0.3, -0.25) is 4.79 Å². The summed E-state index contributed by atoms with van der Waals surface area (Å²) in [7, 11) is 6.83. The molecule has 0 spiro atoms. The van der Waals surface area contributed by atoms with Gasteiger partial charge in [0.1, 0.15) is 6.54 Å². The molecule has 0 saturated heterocycles. The fourth-order valence-electron chi connectivity index (χ4n) is 3.92. The third kappa shape index (κ3) is 6.28. The largest absolute Gasteiger partial charge is 0.493 e. The van der Waals surface area contributed by atoms with E-state index in [1.165, 1.54) is 24.8 Å². The van der Waals surface area contributed by atoms with Gasteiger partial charge < -0.3 is 25.0 Å². The van der Waals surface area contributed by atoms with Crippen molar-refractivity contribution in [2.24, 2.45) is 4.99 Å². The molecule has 1 aliphatic rings. The molecular formula is C23H38N4O3. The normalized spacial score (nSPS) is 16.0. The van der Waals surface area contributed by atoms with Crippen LogP contribution in [0, 0.1) is 0 Å². The van der Waals surface area contributed by atoms with Crippen LogP contribution in [0.15, 0.2) is 23.2 Å². The summed E-state index contributed by atoms with van der Waals surface area (Å²) < 4.78 is 11.0. The molecule has 0 bridgehead atoms. The van der Waals surface area contributed by atoms with Crippen molar-refractivity contribution in [1.29, 1.82) is 0 Å². The van der Waals surface area contributed by atoms with Crippen LogP contribution in [0.5, 0.6) is 11.5 Å². The van der Waals surface area contributed by atoms with Crippen LogP contribution >= 0.6 is 0 Å². The summed E-state index contributed by atoms with van der Waals surface area (Å²) >= 11 is 0. The molecule has 1 aromatic carbocycles. The first-order valence-corrected chi connectivity index (χ1v) is 10.9. The lowest BCUT2D eigenvalue weighted by molar-refractivity contribution is -0.127. The molecule has 0 heterocycles. The van der Waals surface area contributed by atoms with Crippen molar-refractivity contribution in [2.45, 2.75) is 50.9 Å². The topological polar surface area (TPSA) is 75.2 Å². The maximum atomic E-state index is 12.0. The van der Waals surface area contributed by atoms with Crippen LogP contribution in [0.2, 0.25) is 0 Å². The zero-order chi connectivity index (χ0) is 22.0. The van der Waals surface area contributed by atoms with Gasteiger partial charge in [0.15, 0.2) is 17.5 Å². The third-order valence-electron chi connectivity index (χ3n) is 5.81. The third-order valence-corrected chi connectivity index (χ3v) is 5.81. The second-order valence-corrected chi connectivity index (χ2v) is 8.14. The lowest BCUT2D eigenvalue weighted by Gasteiger charge is -2.38. The molecule has 2 rings (SSSR count). The number of guanidine groups is 1. The van der Waals surface area contributed by atoms with E-state index >= 15 is 0 Å². The number of likely N-dealkylation sites (N-methyl/N-ethyl adjacent to an activating group) is 1. The predicted octanol–water partition coefficient (Wildman–Crippen LogP) is 2.94. The van der Waals surface area contributed by atoms with Gasteiger partial charge in [0.05, 0.1) is 14.2 Å². The van der Waals surface area contributed by atoms with Crippen LogP contribution in [0.4, 0.5) is 0 Å². The first kappa shape index (κ1) is 23.8. The average Bonchev–Trinajstić information content (AvgIpc) is 2.78. The van der Waals surface area contributed by atoms with Crippen LogP contribution in [-0.4, -0.2) is 64.7 Å². The van der Waals surface area contributed by atoms with E-state index in [2.05, 4.69) is 34.7 Å². The summed E-state index contributed by atoms with van der Waals surface area (Å²) in [5.74, 6) is 2.18. The smallest absolute Gasteiger partial charge is 0.243 e. The Morgan fingerprint density at radius 2 is 1.80 bits per heavy atom. The molecule has 7 nitrogen and oxygen atoms in total. The second kappa shape index (κ2) is 11.7. The van der Waals surface area contributed by atoms with Gasteiger partial charge in [-0.25, -0.2) is 4.99 Å². The Hall–Kier alpha value is -2.44. The Kier molecular flexibility index (Phi) is 9.27. The van der Waals surface area contributed by atoms with E-state index in [0.717, 1.165) is 43.9 Å². The number of amides is 1. The van der Waals surface area contributed by atoms with Gasteiger partial charge in [-0.1, -0.05) is 32.3 Å². The maximum absolute atomic E-state index is 12.0. The van der Waals surface area contributed by atoms with Crippen LogP contribution in [0.3, 0.4) is 0 Å². The van der Waals surface area contributed by atoms with Crippen LogP contribution in [-0.2, 0) is 10.2 Å². The van der Waals surface area contributed by atoms with Crippen molar-refractivity contribution in [1.82, 2.24) is 15.5 Å². The van der Waals surface area contributed by atoms with E-state index in [9.17, 15) is 4.79 Å². The van der Waals surface area contributed by atoms with Gasteiger partial charge in [-0.15, -0.1) is 0 Å². The summed E-state index contributed by atoms with van der Waals surface area (Å²) in [6.45, 7) is 3.82. The summed E-state index contributed by atoms with van der Waals surface area (Å²) in [6, 6.07) is 6.25. The lowest BCUT2D eigenvalue weighted by atomic mass is 9.69. The molecule has 1 saturated carbocycles. The molecule has 0 aromatic heterocycles. The molecule has 1 aromatic rings. The molecule has 0 unspecified atom stereocenters. The molecule has 0 atom stereocenters. The molecule has 2 N–H and O–H groups in total. The van der Waals surface area contributed by atoms with Gasteiger partial charge >= 0.3 is 0 Å². The monoisotopic (exact) mass is 418 g/mol. The Balaban J connectivity index is 2.23. The molecular weight excluding hydrogens is 380 g/mol. The quantitative estimate of drug-likeness (QED) is 0.476. The van der Waals surface area contributed by atoms with Crippen molar-refractivity contribution < 1.29 is 14.3 Å². The number of aliphatic imine (C=N–C) groups is 1. The average molecular weight is 419 g/mol. The SMILES string of the molecule is CCCNC(=NCC(=O)N(C)C)NCC1(c2ccc(OC)c(OC)c2)CCCCC1. The maximum Gasteiger partial charge on any atom is 0.243 e. The Morgan fingerprint density at radius 1 is 1.10 bits per heavy atom. The Bertz CT molecular complexity index is 712. The van der Waals surface area contributed by atoms with E-state index in [-0.39, 0.29) is 17.9 Å². The summed E-state index contributed by atoms with van der Waals surface area (Å²) in [5.41, 5.74) is 1.25. The minimum atomic E-state index is -0.0140. The van der Waals surface area contributed by atoms with Crippen molar-refractivity contribution in [3.05, 3.63) is 23.8 Å². The zero-order valence-electron chi connectivity index (χ0n) is 19.2. The fraction of sp³-hybridized carbons (Fsp3) is 0.652. The van der Waals surface area contributed by atoms with Gasteiger partial charge in [0, 0.05) is 32.6 Å². The molecule has 0 radical (unpaired) electrons. The van der Waals surface area contributed by atoms with Crippen molar-refractivity contribution in [3.8, 4) is 11.5 Å². The van der Waals surface area contributed by atoms with Crippen molar-refractivity contribution in [2.75, 3.05) is 47.9 Å². The number of nitrogens with zero attached hydrogens (tertiary/aromatic N) is 2. The van der Waals surface area contributed by atoms with E-state index in [4.69, 9.17) is 9.47 Å². The summed E-state index contributed by atoms with van der Waals surface area (Å²) in [4.78, 5) is 18.1. The van der Waals surface area contributed by atoms with Crippen LogP contribution in [0.1, 0.15) is 51.0 Å². The van der Waals surface area contributed by atoms with Gasteiger partial charge in [-0.2, -0.15) is 0 Å². The zero-order valence-corrected chi connectivity index (χ0v) is 19.2. The molecule has 7 heteroatoms. The first-order valence-electron chi connectivity index (χ1n) is 10.9. The minimum absolute atomic E-state index is 0.00196. The number of ether oxygens (including phenoxy) is 2. The second-order valence-electron chi connectivity index (χ2n) is 8.14. The van der Waals surface area contributed by atoms with E-state index in [1.54, 1.807) is 33.2 Å². The highest BCUT2D eigenvalue weighted by Crippen LogP contribution is 2.42. The predicted molar refractivity (Wildman–Crippen MR) is 122 cm³/mol. The fourth-order valence-corrected chi connectivity index (χ4v) is 3.92. The molecule has 1 fully saturated rings. The molecule has 30 heavy (non-hydrogen) atoms. The number of methoxy groups -OCH3 is 2. The highest BCUT2D eigenvalue weighted by atomic mass is 16.5. The van der Waals surface area contributed by atoms with E-state index < -0.39 is 0 Å². The van der Waals surface area contributed by atoms with Crippen LogP contribution < -0.4 is 20.1 Å². The van der Waals surface area contributed by atoms with Crippen molar-refractivity contribution in [3.63, 3.8) is 0 Å². The Morgan fingerprint density at radius 3 is 2.40 bits per heavy atom. The highest BCUT2D eigenvalue weighted by Gasteiger charge is 2.34. The van der Waals surface area contributed by atoms with Gasteiger partial charge in [-0.05, 0) is 37.0 Å². The number of carbonyl (C=O) groups excluding carboxylic acids is 1. The molecule has 1 aliphatic carbocycles.